The van der Waals surface area contributed by atoms with Crippen LogP contribution in [0.15, 0.2) is 16.8 Å². The topological polar surface area (TPSA) is 61.4 Å². The van der Waals surface area contributed by atoms with Gasteiger partial charge in [0.1, 0.15) is 0 Å². The molecule has 5 nitrogen and oxygen atoms in total. The molecule has 1 aromatic heterocycles. The third-order valence-corrected chi connectivity index (χ3v) is 4.16. The third-order valence-electron chi connectivity index (χ3n) is 3.46. The van der Waals surface area contributed by atoms with Crippen molar-refractivity contribution in [1.82, 2.24) is 15.5 Å². The Kier molecular flexibility index (Phi) is 5.55. The molecule has 0 radical (unpaired) electrons. The van der Waals surface area contributed by atoms with Gasteiger partial charge in [0.05, 0.1) is 6.54 Å². The number of likely N-dealkylation sites (tertiary alicyclic amines) is 1. The van der Waals surface area contributed by atoms with Crippen LogP contribution in [0.5, 0.6) is 0 Å². The van der Waals surface area contributed by atoms with E-state index in [0.717, 1.165) is 19.4 Å². The Morgan fingerprint density at radius 3 is 2.90 bits per heavy atom. The number of hydrogen-bond donors (Lipinski definition) is 2. The first-order valence-electron chi connectivity index (χ1n) is 6.94. The van der Waals surface area contributed by atoms with Crippen molar-refractivity contribution >= 4 is 23.2 Å². The summed E-state index contributed by atoms with van der Waals surface area (Å²) in [5.74, 6) is -0.0474. The van der Waals surface area contributed by atoms with E-state index in [0.29, 0.717) is 25.7 Å². The second-order valence-electron chi connectivity index (χ2n) is 5.02. The number of nitrogens with one attached hydrogen (secondary N) is 2. The minimum atomic E-state index is -0.0729. The van der Waals surface area contributed by atoms with Gasteiger partial charge in [-0.1, -0.05) is 0 Å². The lowest BCUT2D eigenvalue weighted by molar-refractivity contribution is -0.123. The summed E-state index contributed by atoms with van der Waals surface area (Å²) in [6, 6.07) is 2.52. The Hall–Kier alpha value is -1.40. The maximum atomic E-state index is 11.9. The van der Waals surface area contributed by atoms with Gasteiger partial charge in [-0.2, -0.15) is 11.3 Å². The van der Waals surface area contributed by atoms with Crippen molar-refractivity contribution in [3.8, 4) is 0 Å². The number of amides is 2. The van der Waals surface area contributed by atoms with Crippen LogP contribution >= 0.6 is 11.3 Å². The van der Waals surface area contributed by atoms with E-state index in [4.69, 9.17) is 0 Å². The quantitative estimate of drug-likeness (QED) is 0.774. The average Bonchev–Trinajstić information content (AvgIpc) is 3.04. The van der Waals surface area contributed by atoms with Gasteiger partial charge in [-0.25, -0.2) is 0 Å². The van der Waals surface area contributed by atoms with Gasteiger partial charge in [-0.05, 0) is 41.8 Å². The lowest BCUT2D eigenvalue weighted by Gasteiger charge is -2.23. The first kappa shape index (κ1) is 15.0. The molecule has 0 saturated carbocycles. The molecule has 0 aromatic carbocycles. The molecule has 1 aliphatic heterocycles. The molecule has 1 aliphatic rings. The second-order valence-corrected chi connectivity index (χ2v) is 5.80. The van der Waals surface area contributed by atoms with Crippen molar-refractivity contribution in [2.75, 3.05) is 26.2 Å². The van der Waals surface area contributed by atoms with Crippen LogP contribution in [0.3, 0.4) is 0 Å². The fourth-order valence-electron chi connectivity index (χ4n) is 2.54. The summed E-state index contributed by atoms with van der Waals surface area (Å²) < 4.78 is 0. The molecule has 6 heteroatoms. The number of hydrogen-bond acceptors (Lipinski definition) is 4. The fraction of sp³-hybridized carbons (Fsp3) is 0.571. The highest BCUT2D eigenvalue weighted by Crippen LogP contribution is 2.32. The molecule has 2 heterocycles. The zero-order valence-corrected chi connectivity index (χ0v) is 12.5. The number of nitrogens with zero attached hydrogens (tertiary/aromatic N) is 1. The van der Waals surface area contributed by atoms with Crippen LogP contribution in [0, 0.1) is 0 Å². The normalized spacial score (nSPS) is 18.9. The van der Waals surface area contributed by atoms with E-state index in [2.05, 4.69) is 32.4 Å². The van der Waals surface area contributed by atoms with Crippen LogP contribution in [0.2, 0.25) is 0 Å². The second kappa shape index (κ2) is 7.40. The van der Waals surface area contributed by atoms with Crippen LogP contribution in [0.4, 0.5) is 0 Å². The minimum absolute atomic E-state index is 0.0254. The molecule has 0 spiro atoms. The van der Waals surface area contributed by atoms with Crippen LogP contribution in [-0.2, 0) is 9.59 Å². The van der Waals surface area contributed by atoms with Gasteiger partial charge in [0, 0.05) is 26.1 Å². The van der Waals surface area contributed by atoms with E-state index >= 15 is 0 Å². The van der Waals surface area contributed by atoms with E-state index < -0.39 is 0 Å². The lowest BCUT2D eigenvalue weighted by Crippen LogP contribution is -2.40. The summed E-state index contributed by atoms with van der Waals surface area (Å²) in [6.07, 6.45) is 2.26. The van der Waals surface area contributed by atoms with E-state index in [1.54, 1.807) is 11.3 Å². The van der Waals surface area contributed by atoms with Crippen molar-refractivity contribution in [3.63, 3.8) is 0 Å². The number of carbonyl (C=O) groups is 2. The van der Waals surface area contributed by atoms with Gasteiger partial charge in [0.25, 0.3) is 0 Å². The van der Waals surface area contributed by atoms with Gasteiger partial charge >= 0.3 is 0 Å². The Labute approximate surface area is 123 Å². The first-order chi connectivity index (χ1) is 9.66. The molecular weight excluding hydrogens is 274 g/mol. The SMILES string of the molecule is CC(=O)NCCNC(=O)CN1CCC[C@@H]1c1ccsc1. The molecule has 1 atom stereocenters. The van der Waals surface area contributed by atoms with Gasteiger partial charge in [-0.3, -0.25) is 14.5 Å². The molecule has 0 aliphatic carbocycles. The highest BCUT2D eigenvalue weighted by Gasteiger charge is 2.27. The monoisotopic (exact) mass is 295 g/mol. The lowest BCUT2D eigenvalue weighted by atomic mass is 10.1. The van der Waals surface area contributed by atoms with E-state index in [1.807, 2.05) is 0 Å². The zero-order valence-electron chi connectivity index (χ0n) is 11.7. The van der Waals surface area contributed by atoms with Crippen LogP contribution in [-0.4, -0.2) is 42.9 Å². The molecular formula is C14H21N3O2S. The summed E-state index contributed by atoms with van der Waals surface area (Å²) in [5.41, 5.74) is 1.32. The third kappa shape index (κ3) is 4.31. The summed E-state index contributed by atoms with van der Waals surface area (Å²) in [6.45, 7) is 3.84. The van der Waals surface area contributed by atoms with Crippen molar-refractivity contribution in [1.29, 1.82) is 0 Å². The highest BCUT2D eigenvalue weighted by atomic mass is 32.1. The van der Waals surface area contributed by atoms with Gasteiger partial charge in [-0.15, -0.1) is 0 Å². The Morgan fingerprint density at radius 1 is 1.40 bits per heavy atom. The highest BCUT2D eigenvalue weighted by molar-refractivity contribution is 7.07. The van der Waals surface area contributed by atoms with Crippen LogP contribution in [0.1, 0.15) is 31.4 Å². The van der Waals surface area contributed by atoms with E-state index in [9.17, 15) is 9.59 Å². The number of thiophene rings is 1. The molecule has 2 amide bonds. The smallest absolute Gasteiger partial charge is 0.234 e. The van der Waals surface area contributed by atoms with Crippen molar-refractivity contribution in [2.24, 2.45) is 0 Å². The number of rotatable bonds is 6. The van der Waals surface area contributed by atoms with Crippen molar-refractivity contribution < 1.29 is 9.59 Å². The zero-order chi connectivity index (χ0) is 14.4. The fourth-order valence-corrected chi connectivity index (χ4v) is 3.25. The molecule has 20 heavy (non-hydrogen) atoms. The van der Waals surface area contributed by atoms with Crippen LogP contribution in [0.25, 0.3) is 0 Å². The van der Waals surface area contributed by atoms with Crippen molar-refractivity contribution in [2.45, 2.75) is 25.8 Å². The molecule has 1 aromatic rings. The molecule has 1 saturated heterocycles. The van der Waals surface area contributed by atoms with E-state index in [1.165, 1.54) is 12.5 Å². The summed E-state index contributed by atoms with van der Waals surface area (Å²) in [5, 5.41) is 9.74. The maximum absolute atomic E-state index is 11.9. The molecule has 2 rings (SSSR count). The van der Waals surface area contributed by atoms with Crippen molar-refractivity contribution in [3.05, 3.63) is 22.4 Å². The molecule has 1 fully saturated rings. The molecule has 0 unspecified atom stereocenters. The molecule has 0 bridgehead atoms. The Morgan fingerprint density at radius 2 is 2.20 bits per heavy atom. The van der Waals surface area contributed by atoms with E-state index in [-0.39, 0.29) is 11.8 Å². The molecule has 2 N–H and O–H groups in total. The predicted molar refractivity (Wildman–Crippen MR) is 79.6 cm³/mol. The summed E-state index contributed by atoms with van der Waals surface area (Å²) in [4.78, 5) is 24.8. The van der Waals surface area contributed by atoms with Gasteiger partial charge in [0.2, 0.25) is 11.8 Å². The average molecular weight is 295 g/mol. The Balaban J connectivity index is 1.74. The van der Waals surface area contributed by atoms with Gasteiger partial charge < -0.3 is 10.6 Å². The minimum Gasteiger partial charge on any atom is -0.355 e. The maximum Gasteiger partial charge on any atom is 0.234 e. The summed E-state index contributed by atoms with van der Waals surface area (Å²) in [7, 11) is 0. The van der Waals surface area contributed by atoms with Crippen LogP contribution < -0.4 is 10.6 Å². The standard InChI is InChI=1S/C14H21N3O2S/c1-11(18)15-5-6-16-14(19)9-17-7-2-3-13(17)12-4-8-20-10-12/h4,8,10,13H,2-3,5-7,9H2,1H3,(H,15,18)(H,16,19)/t13-/m1/s1. The van der Waals surface area contributed by atoms with Gasteiger partial charge in [0.15, 0.2) is 0 Å². The predicted octanol–water partition coefficient (Wildman–Crippen LogP) is 1.14. The molecule has 110 valence electrons. The summed E-state index contributed by atoms with van der Waals surface area (Å²) >= 11 is 1.70. The Bertz CT molecular complexity index is 447. The largest absolute Gasteiger partial charge is 0.355 e. The number of carbonyl (C=O) groups excluding carboxylic acids is 2. The first-order valence-corrected chi connectivity index (χ1v) is 7.88.